The van der Waals surface area contributed by atoms with Gasteiger partial charge in [-0.15, -0.1) is 0 Å². The Kier molecular flexibility index (Phi) is 4.51. The fourth-order valence-corrected chi connectivity index (χ4v) is 2.10. The number of nitrogens with zero attached hydrogens (tertiary/aromatic N) is 4. The number of nitrogens with two attached hydrogens (primary N) is 1. The summed E-state index contributed by atoms with van der Waals surface area (Å²) < 4.78 is 0. The number of benzene rings is 1. The highest BCUT2D eigenvalue weighted by Gasteiger charge is 2.06. The van der Waals surface area contributed by atoms with Crippen molar-refractivity contribution in [2.75, 3.05) is 5.32 Å². The van der Waals surface area contributed by atoms with E-state index in [1.807, 2.05) is 36.4 Å². The van der Waals surface area contributed by atoms with E-state index in [-0.39, 0.29) is 6.61 Å². The maximum atomic E-state index is 9.19. The van der Waals surface area contributed by atoms with Crippen molar-refractivity contribution in [3.8, 4) is 11.4 Å². The highest BCUT2D eigenvalue weighted by Crippen LogP contribution is 2.18. The lowest BCUT2D eigenvalue weighted by atomic mass is 10.2. The smallest absolute Gasteiger partial charge is 0.230 e. The van der Waals surface area contributed by atoms with Gasteiger partial charge in [-0.2, -0.15) is 4.98 Å². The topological polar surface area (TPSA) is 110 Å². The van der Waals surface area contributed by atoms with E-state index in [1.54, 1.807) is 6.20 Å². The van der Waals surface area contributed by atoms with E-state index in [9.17, 15) is 5.11 Å². The molecule has 0 radical (unpaired) electrons. The third-order valence-corrected chi connectivity index (χ3v) is 3.22. The Bertz CT molecular complexity index is 808. The maximum Gasteiger partial charge on any atom is 0.230 e. The Morgan fingerprint density at radius 3 is 2.83 bits per heavy atom. The van der Waals surface area contributed by atoms with Gasteiger partial charge in [0.2, 0.25) is 5.95 Å². The first-order chi connectivity index (χ1) is 11.3. The van der Waals surface area contributed by atoms with E-state index in [2.05, 4.69) is 25.3 Å². The molecule has 7 heteroatoms. The molecule has 0 saturated heterocycles. The van der Waals surface area contributed by atoms with Crippen LogP contribution in [0.4, 0.5) is 11.6 Å². The van der Waals surface area contributed by atoms with Gasteiger partial charge in [0.05, 0.1) is 12.3 Å². The Labute approximate surface area is 133 Å². The van der Waals surface area contributed by atoms with Crippen LogP contribution in [0.1, 0.15) is 11.3 Å². The molecule has 0 saturated carbocycles. The molecule has 0 bridgehead atoms. The fraction of sp³-hybridized carbons (Fsp3) is 0.125. The molecule has 0 atom stereocenters. The highest BCUT2D eigenvalue weighted by molar-refractivity contribution is 5.59. The van der Waals surface area contributed by atoms with Crippen molar-refractivity contribution in [1.29, 1.82) is 0 Å². The summed E-state index contributed by atoms with van der Waals surface area (Å²) in [5.74, 6) is 0.967. The van der Waals surface area contributed by atoms with E-state index in [0.717, 1.165) is 22.5 Å². The van der Waals surface area contributed by atoms with Gasteiger partial charge in [0.15, 0.2) is 5.82 Å². The van der Waals surface area contributed by atoms with Crippen LogP contribution in [0.15, 0.2) is 48.9 Å². The largest absolute Gasteiger partial charge is 0.392 e. The molecular formula is C16H16N6O. The summed E-state index contributed by atoms with van der Waals surface area (Å²) in [5, 5.41) is 12.3. The highest BCUT2D eigenvalue weighted by atomic mass is 16.3. The number of hydrogen-bond acceptors (Lipinski definition) is 7. The van der Waals surface area contributed by atoms with Gasteiger partial charge < -0.3 is 16.2 Å². The zero-order chi connectivity index (χ0) is 16.1. The van der Waals surface area contributed by atoms with E-state index >= 15 is 0 Å². The molecule has 0 unspecified atom stereocenters. The van der Waals surface area contributed by atoms with Crippen molar-refractivity contribution in [2.45, 2.75) is 13.2 Å². The minimum absolute atomic E-state index is 0.0170. The van der Waals surface area contributed by atoms with Gasteiger partial charge in [-0.1, -0.05) is 12.1 Å². The molecular weight excluding hydrogens is 292 g/mol. The normalized spacial score (nSPS) is 10.5. The Morgan fingerprint density at radius 2 is 2.00 bits per heavy atom. The van der Waals surface area contributed by atoms with Crippen LogP contribution in [-0.4, -0.2) is 25.0 Å². The number of pyridine rings is 1. The molecule has 7 nitrogen and oxygen atoms in total. The lowest BCUT2D eigenvalue weighted by Crippen LogP contribution is -2.02. The van der Waals surface area contributed by atoms with Crippen LogP contribution in [0.3, 0.4) is 0 Å². The molecule has 0 aliphatic carbocycles. The lowest BCUT2D eigenvalue weighted by Gasteiger charge is -2.07. The average molecular weight is 308 g/mol. The Balaban J connectivity index is 1.87. The van der Waals surface area contributed by atoms with E-state index < -0.39 is 0 Å². The first-order valence-corrected chi connectivity index (χ1v) is 7.09. The second-order valence-corrected chi connectivity index (χ2v) is 4.86. The van der Waals surface area contributed by atoms with Crippen LogP contribution in [0.25, 0.3) is 11.4 Å². The molecule has 0 amide bonds. The van der Waals surface area contributed by atoms with Gasteiger partial charge in [0.25, 0.3) is 0 Å². The zero-order valence-corrected chi connectivity index (χ0v) is 12.3. The van der Waals surface area contributed by atoms with Crippen LogP contribution in [0.5, 0.6) is 0 Å². The molecule has 116 valence electrons. The second-order valence-electron chi connectivity index (χ2n) is 4.86. The summed E-state index contributed by atoms with van der Waals surface area (Å²) in [7, 11) is 0. The molecule has 2 aromatic heterocycles. The van der Waals surface area contributed by atoms with Gasteiger partial charge >= 0.3 is 0 Å². The van der Waals surface area contributed by atoms with Crippen molar-refractivity contribution in [1.82, 2.24) is 19.9 Å². The quantitative estimate of drug-likeness (QED) is 0.657. The minimum atomic E-state index is -0.0170. The summed E-state index contributed by atoms with van der Waals surface area (Å²) in [6.07, 6.45) is 3.13. The number of rotatable bonds is 5. The summed E-state index contributed by atoms with van der Waals surface area (Å²) in [4.78, 5) is 16.9. The van der Waals surface area contributed by atoms with Crippen molar-refractivity contribution < 1.29 is 5.11 Å². The van der Waals surface area contributed by atoms with Crippen molar-refractivity contribution in [3.05, 3.63) is 60.2 Å². The average Bonchev–Trinajstić information content (AvgIpc) is 2.62. The van der Waals surface area contributed by atoms with Crippen LogP contribution in [-0.2, 0) is 13.2 Å². The van der Waals surface area contributed by atoms with E-state index in [4.69, 9.17) is 5.73 Å². The summed E-state index contributed by atoms with van der Waals surface area (Å²) in [5.41, 5.74) is 8.82. The number of hydrogen-bond donors (Lipinski definition) is 3. The number of nitrogens with one attached hydrogen (secondary N) is 1. The number of anilines is 2. The van der Waals surface area contributed by atoms with Gasteiger partial charge in [-0.3, -0.25) is 4.98 Å². The van der Waals surface area contributed by atoms with E-state index in [0.29, 0.717) is 18.3 Å². The van der Waals surface area contributed by atoms with Crippen LogP contribution in [0.2, 0.25) is 0 Å². The first-order valence-electron chi connectivity index (χ1n) is 7.09. The molecule has 0 spiro atoms. The van der Waals surface area contributed by atoms with Crippen molar-refractivity contribution in [2.24, 2.45) is 5.73 Å². The van der Waals surface area contributed by atoms with Gasteiger partial charge in [0, 0.05) is 24.0 Å². The third-order valence-electron chi connectivity index (χ3n) is 3.22. The third kappa shape index (κ3) is 3.65. The van der Waals surface area contributed by atoms with Crippen LogP contribution >= 0.6 is 0 Å². The van der Waals surface area contributed by atoms with Crippen molar-refractivity contribution in [3.63, 3.8) is 0 Å². The maximum absolute atomic E-state index is 9.19. The molecule has 4 N–H and O–H groups in total. The molecule has 0 aliphatic heterocycles. The van der Waals surface area contributed by atoms with E-state index in [1.165, 1.54) is 6.33 Å². The Morgan fingerprint density at radius 1 is 1.09 bits per heavy atom. The molecule has 3 rings (SSSR count). The number of aliphatic hydroxyl groups is 1. The van der Waals surface area contributed by atoms with Gasteiger partial charge in [0.1, 0.15) is 6.33 Å². The fourth-order valence-electron chi connectivity index (χ4n) is 2.10. The van der Waals surface area contributed by atoms with Crippen LogP contribution in [0, 0.1) is 0 Å². The SMILES string of the molecule is NCc1cc(-c2ncnc(Nc3cccc(CO)c3)n2)ccn1. The predicted octanol–water partition coefficient (Wildman–Crippen LogP) is 1.63. The van der Waals surface area contributed by atoms with Crippen LogP contribution < -0.4 is 11.1 Å². The molecule has 0 aliphatic rings. The molecule has 0 fully saturated rings. The van der Waals surface area contributed by atoms with Gasteiger partial charge in [-0.05, 0) is 29.8 Å². The monoisotopic (exact) mass is 308 g/mol. The van der Waals surface area contributed by atoms with Gasteiger partial charge in [-0.25, -0.2) is 9.97 Å². The molecule has 2 heterocycles. The molecule has 1 aromatic carbocycles. The van der Waals surface area contributed by atoms with Crippen molar-refractivity contribution >= 4 is 11.6 Å². The predicted molar refractivity (Wildman–Crippen MR) is 86.6 cm³/mol. The summed E-state index contributed by atoms with van der Waals surface area (Å²) in [6, 6.07) is 11.1. The number of aromatic nitrogens is 4. The zero-order valence-electron chi connectivity index (χ0n) is 12.3. The summed E-state index contributed by atoms with van der Waals surface area (Å²) >= 11 is 0. The molecule has 23 heavy (non-hydrogen) atoms. The molecule has 3 aromatic rings. The number of aliphatic hydroxyl groups excluding tert-OH is 1. The lowest BCUT2D eigenvalue weighted by molar-refractivity contribution is 0.282. The first kappa shape index (κ1) is 15.0. The Hall–Kier alpha value is -2.90. The second kappa shape index (κ2) is 6.91. The minimum Gasteiger partial charge on any atom is -0.392 e. The summed E-state index contributed by atoms with van der Waals surface area (Å²) in [6.45, 7) is 0.342. The standard InChI is InChI=1S/C16H16N6O/c17-8-14-7-12(4-5-18-14)15-19-10-20-16(22-15)21-13-3-1-2-11(6-13)9-23/h1-7,10,23H,8-9,17H2,(H,19,20,21,22).